The summed E-state index contributed by atoms with van der Waals surface area (Å²) in [5, 5.41) is 23.5. The Morgan fingerprint density at radius 2 is 1.90 bits per heavy atom. The molecular formula is C20H12Cl2N2O4S. The fourth-order valence-corrected chi connectivity index (χ4v) is 3.89. The Hall–Kier alpha value is -2.87. The molecule has 0 saturated carbocycles. The number of fused-ring (bicyclic) bond motifs is 1. The first kappa shape index (κ1) is 19.4. The number of nitrogens with zero attached hydrogens (tertiary/aromatic N) is 2. The molecule has 2 aromatic carbocycles. The van der Waals surface area contributed by atoms with Crippen molar-refractivity contribution >= 4 is 51.4 Å². The molecule has 4 aromatic rings. The molecule has 6 nitrogen and oxygen atoms in total. The van der Waals surface area contributed by atoms with Crippen LogP contribution in [0.5, 0.6) is 11.5 Å². The Labute approximate surface area is 179 Å². The number of aromatic hydroxyl groups is 2. The van der Waals surface area contributed by atoms with Gasteiger partial charge in [-0.1, -0.05) is 35.3 Å². The zero-order valence-corrected chi connectivity index (χ0v) is 16.9. The van der Waals surface area contributed by atoms with E-state index in [1.165, 1.54) is 23.5 Å². The standard InChI is InChI=1S/C20H12Cl2N2O4S/c21-10-5-6-14-13(7-10)16(22)18(26)17(24-14)19-23-11(9-29-19)8-28-20(27)12-3-1-2-4-15(12)25/h1-7,9,25-26H,8H2. The number of esters is 1. The highest BCUT2D eigenvalue weighted by atomic mass is 35.5. The normalized spacial score (nSPS) is 11.0. The largest absolute Gasteiger partial charge is 0.507 e. The van der Waals surface area contributed by atoms with E-state index in [0.717, 1.165) is 0 Å². The quantitative estimate of drug-likeness (QED) is 0.405. The molecule has 0 amide bonds. The maximum atomic E-state index is 12.1. The predicted octanol–water partition coefficient (Wildman–Crippen LogP) is 5.43. The minimum Gasteiger partial charge on any atom is -0.507 e. The van der Waals surface area contributed by atoms with Crippen molar-refractivity contribution in [2.45, 2.75) is 6.61 Å². The fraction of sp³-hybridized carbons (Fsp3) is 0.0500. The number of ether oxygens (including phenoxy) is 1. The first-order valence-corrected chi connectivity index (χ1v) is 9.95. The van der Waals surface area contributed by atoms with Crippen LogP contribution in [0.4, 0.5) is 0 Å². The summed E-state index contributed by atoms with van der Waals surface area (Å²) in [5.74, 6) is -1.02. The fourth-order valence-electron chi connectivity index (χ4n) is 2.68. The number of para-hydroxylation sites is 1. The average Bonchev–Trinajstić information content (AvgIpc) is 3.18. The highest BCUT2D eigenvalue weighted by Gasteiger charge is 2.18. The highest BCUT2D eigenvalue weighted by molar-refractivity contribution is 7.13. The van der Waals surface area contributed by atoms with Gasteiger partial charge in [0.1, 0.15) is 28.6 Å². The van der Waals surface area contributed by atoms with Crippen LogP contribution in [0.3, 0.4) is 0 Å². The summed E-state index contributed by atoms with van der Waals surface area (Å²) in [5.41, 5.74) is 1.34. The third kappa shape index (κ3) is 3.85. The van der Waals surface area contributed by atoms with E-state index in [1.54, 1.807) is 35.7 Å². The molecule has 0 aliphatic rings. The minimum atomic E-state index is -0.663. The van der Waals surface area contributed by atoms with Crippen LogP contribution in [0.25, 0.3) is 21.6 Å². The van der Waals surface area contributed by atoms with Crippen molar-refractivity contribution in [3.8, 4) is 22.2 Å². The number of phenols is 1. The first-order valence-electron chi connectivity index (χ1n) is 8.31. The van der Waals surface area contributed by atoms with Crippen LogP contribution < -0.4 is 0 Å². The molecule has 0 aliphatic carbocycles. The van der Waals surface area contributed by atoms with Gasteiger partial charge >= 0.3 is 5.97 Å². The molecule has 0 unspecified atom stereocenters. The molecule has 0 radical (unpaired) electrons. The number of carbonyl (C=O) groups is 1. The molecule has 146 valence electrons. The van der Waals surface area contributed by atoms with Crippen LogP contribution in [-0.4, -0.2) is 26.2 Å². The number of carbonyl (C=O) groups excluding carboxylic acids is 1. The molecule has 2 N–H and O–H groups in total. The van der Waals surface area contributed by atoms with Crippen molar-refractivity contribution in [1.29, 1.82) is 0 Å². The summed E-state index contributed by atoms with van der Waals surface area (Å²) in [6, 6.07) is 11.1. The summed E-state index contributed by atoms with van der Waals surface area (Å²) < 4.78 is 5.20. The lowest BCUT2D eigenvalue weighted by molar-refractivity contribution is 0.0465. The highest BCUT2D eigenvalue weighted by Crippen LogP contribution is 2.40. The number of hydrogen-bond acceptors (Lipinski definition) is 7. The number of hydrogen-bond donors (Lipinski definition) is 2. The van der Waals surface area contributed by atoms with E-state index in [9.17, 15) is 15.0 Å². The monoisotopic (exact) mass is 446 g/mol. The topological polar surface area (TPSA) is 92.5 Å². The van der Waals surface area contributed by atoms with Crippen LogP contribution in [0, 0.1) is 0 Å². The van der Waals surface area contributed by atoms with Gasteiger partial charge in [0.05, 0.1) is 16.2 Å². The molecule has 9 heteroatoms. The first-order chi connectivity index (χ1) is 13.9. The Bertz CT molecular complexity index is 1240. The lowest BCUT2D eigenvalue weighted by Gasteiger charge is -2.07. The number of pyridine rings is 1. The van der Waals surface area contributed by atoms with Gasteiger partial charge in [-0.2, -0.15) is 0 Å². The van der Waals surface area contributed by atoms with Gasteiger partial charge in [-0.3, -0.25) is 0 Å². The molecule has 0 fully saturated rings. The summed E-state index contributed by atoms with van der Waals surface area (Å²) >= 11 is 13.5. The zero-order valence-electron chi connectivity index (χ0n) is 14.6. The lowest BCUT2D eigenvalue weighted by atomic mass is 10.2. The van der Waals surface area contributed by atoms with E-state index in [-0.39, 0.29) is 34.4 Å². The molecule has 2 heterocycles. The Balaban J connectivity index is 1.58. The van der Waals surface area contributed by atoms with Crippen molar-refractivity contribution < 1.29 is 19.7 Å². The number of rotatable bonds is 4. The SMILES string of the molecule is O=C(OCc1csc(-c2nc3ccc(Cl)cc3c(Cl)c2O)n1)c1ccccc1O. The minimum absolute atomic E-state index is 0.0715. The van der Waals surface area contributed by atoms with Crippen molar-refractivity contribution in [1.82, 2.24) is 9.97 Å². The maximum Gasteiger partial charge on any atom is 0.342 e. The third-order valence-corrected chi connectivity index (χ3v) is 5.60. The van der Waals surface area contributed by atoms with Crippen LogP contribution in [0.15, 0.2) is 47.8 Å². The van der Waals surface area contributed by atoms with Crippen LogP contribution in [0.1, 0.15) is 16.1 Å². The second kappa shape index (κ2) is 7.87. The Morgan fingerprint density at radius 3 is 2.69 bits per heavy atom. The zero-order chi connectivity index (χ0) is 20.5. The number of thiazole rings is 1. The van der Waals surface area contributed by atoms with Gasteiger partial charge in [0, 0.05) is 15.8 Å². The van der Waals surface area contributed by atoms with E-state index in [0.29, 0.717) is 26.6 Å². The molecule has 0 saturated heterocycles. The summed E-state index contributed by atoms with van der Waals surface area (Å²) in [6.45, 7) is -0.0959. The van der Waals surface area contributed by atoms with Gasteiger partial charge in [0.15, 0.2) is 5.75 Å². The molecular weight excluding hydrogens is 435 g/mol. The molecule has 0 aliphatic heterocycles. The maximum absolute atomic E-state index is 12.1. The van der Waals surface area contributed by atoms with E-state index in [1.807, 2.05) is 0 Å². The predicted molar refractivity (Wildman–Crippen MR) is 112 cm³/mol. The summed E-state index contributed by atoms with van der Waals surface area (Å²) in [7, 11) is 0. The number of benzene rings is 2. The van der Waals surface area contributed by atoms with Gasteiger partial charge in [-0.05, 0) is 30.3 Å². The molecule has 29 heavy (non-hydrogen) atoms. The molecule has 0 spiro atoms. The van der Waals surface area contributed by atoms with Crippen molar-refractivity contribution in [3.05, 3.63) is 69.1 Å². The Kier molecular flexibility index (Phi) is 5.27. The van der Waals surface area contributed by atoms with Crippen LogP contribution >= 0.6 is 34.5 Å². The number of halogens is 2. The third-order valence-electron chi connectivity index (χ3n) is 4.09. The van der Waals surface area contributed by atoms with E-state index in [4.69, 9.17) is 27.9 Å². The summed E-state index contributed by atoms with van der Waals surface area (Å²) in [6.07, 6.45) is 0. The van der Waals surface area contributed by atoms with E-state index >= 15 is 0 Å². The van der Waals surface area contributed by atoms with Crippen molar-refractivity contribution in [3.63, 3.8) is 0 Å². The van der Waals surface area contributed by atoms with Crippen LogP contribution in [0.2, 0.25) is 10.0 Å². The molecule has 2 aromatic heterocycles. The number of phenolic OH excluding ortho intramolecular Hbond substituents is 1. The van der Waals surface area contributed by atoms with Gasteiger partial charge < -0.3 is 14.9 Å². The van der Waals surface area contributed by atoms with Gasteiger partial charge in [-0.25, -0.2) is 14.8 Å². The lowest BCUT2D eigenvalue weighted by Crippen LogP contribution is -2.05. The summed E-state index contributed by atoms with van der Waals surface area (Å²) in [4.78, 5) is 20.9. The average molecular weight is 447 g/mol. The second-order valence-electron chi connectivity index (χ2n) is 6.02. The molecule has 4 rings (SSSR count). The van der Waals surface area contributed by atoms with Gasteiger partial charge in [0.25, 0.3) is 0 Å². The number of aromatic nitrogens is 2. The van der Waals surface area contributed by atoms with E-state index < -0.39 is 5.97 Å². The van der Waals surface area contributed by atoms with Crippen molar-refractivity contribution in [2.75, 3.05) is 0 Å². The van der Waals surface area contributed by atoms with E-state index in [2.05, 4.69) is 9.97 Å². The van der Waals surface area contributed by atoms with Gasteiger partial charge in [0.2, 0.25) is 0 Å². The van der Waals surface area contributed by atoms with Crippen molar-refractivity contribution in [2.24, 2.45) is 0 Å². The molecule has 0 bridgehead atoms. The Morgan fingerprint density at radius 1 is 1.10 bits per heavy atom. The smallest absolute Gasteiger partial charge is 0.342 e. The molecule has 0 atom stereocenters. The van der Waals surface area contributed by atoms with Gasteiger partial charge in [-0.15, -0.1) is 11.3 Å². The van der Waals surface area contributed by atoms with Crippen LogP contribution in [-0.2, 0) is 11.3 Å². The second-order valence-corrected chi connectivity index (χ2v) is 7.69.